The van der Waals surface area contributed by atoms with Crippen LogP contribution in [0.4, 0.5) is 5.69 Å². The minimum absolute atomic E-state index is 0.0707. The third-order valence-corrected chi connectivity index (χ3v) is 3.35. The van der Waals surface area contributed by atoms with Crippen molar-refractivity contribution in [2.75, 3.05) is 12.3 Å². The summed E-state index contributed by atoms with van der Waals surface area (Å²) in [5.41, 5.74) is 7.89. The molecule has 1 aromatic rings. The van der Waals surface area contributed by atoms with Crippen molar-refractivity contribution in [2.24, 2.45) is 0 Å². The Morgan fingerprint density at radius 3 is 2.75 bits per heavy atom. The van der Waals surface area contributed by atoms with E-state index in [1.54, 1.807) is 12.1 Å². The number of carbonyl (C=O) groups is 2. The number of anilines is 1. The summed E-state index contributed by atoms with van der Waals surface area (Å²) in [4.78, 5) is 23.3. The van der Waals surface area contributed by atoms with Gasteiger partial charge in [-0.05, 0) is 43.9 Å². The molecule has 5 nitrogen and oxygen atoms in total. The molecular weight excluding hydrogens is 254 g/mol. The van der Waals surface area contributed by atoms with Crippen LogP contribution in [0.25, 0.3) is 0 Å². The zero-order valence-corrected chi connectivity index (χ0v) is 11.7. The lowest BCUT2D eigenvalue weighted by Gasteiger charge is -2.07. The second kappa shape index (κ2) is 6.41. The van der Waals surface area contributed by atoms with Crippen LogP contribution in [0.15, 0.2) is 18.2 Å². The van der Waals surface area contributed by atoms with E-state index in [0.29, 0.717) is 36.7 Å². The van der Waals surface area contributed by atoms with E-state index < -0.39 is 0 Å². The van der Waals surface area contributed by atoms with Crippen molar-refractivity contribution < 1.29 is 9.59 Å². The predicted molar refractivity (Wildman–Crippen MR) is 78.3 cm³/mol. The molecule has 0 heterocycles. The molecule has 1 aliphatic carbocycles. The lowest BCUT2D eigenvalue weighted by molar-refractivity contribution is -0.121. The van der Waals surface area contributed by atoms with E-state index >= 15 is 0 Å². The lowest BCUT2D eigenvalue weighted by atomic mass is 10.1. The maximum atomic E-state index is 11.9. The average Bonchev–Trinajstić information content (AvgIpc) is 3.21. The fraction of sp³-hybridized carbons (Fsp3) is 0.467. The van der Waals surface area contributed by atoms with E-state index in [9.17, 15) is 9.59 Å². The van der Waals surface area contributed by atoms with Crippen LogP contribution in [0.1, 0.15) is 41.6 Å². The summed E-state index contributed by atoms with van der Waals surface area (Å²) in [6.45, 7) is 2.39. The number of hydrogen-bond donors (Lipinski definition) is 3. The number of amides is 2. The van der Waals surface area contributed by atoms with E-state index in [1.807, 2.05) is 13.0 Å². The van der Waals surface area contributed by atoms with Crippen LogP contribution in [0, 0.1) is 6.92 Å². The van der Waals surface area contributed by atoms with Gasteiger partial charge in [0.1, 0.15) is 0 Å². The Bertz CT molecular complexity index is 510. The summed E-state index contributed by atoms with van der Waals surface area (Å²) in [6.07, 6.45) is 3.28. The van der Waals surface area contributed by atoms with Crippen molar-refractivity contribution in [1.29, 1.82) is 0 Å². The Hall–Kier alpha value is -2.04. The van der Waals surface area contributed by atoms with E-state index in [0.717, 1.165) is 18.4 Å². The van der Waals surface area contributed by atoms with Gasteiger partial charge in [-0.2, -0.15) is 0 Å². The van der Waals surface area contributed by atoms with Crippen LogP contribution in [0.2, 0.25) is 0 Å². The molecular formula is C15H21N3O2. The van der Waals surface area contributed by atoms with Crippen LogP contribution in [-0.4, -0.2) is 24.4 Å². The molecule has 1 saturated carbocycles. The Balaban J connectivity index is 1.68. The Labute approximate surface area is 118 Å². The quantitative estimate of drug-likeness (QED) is 0.541. The zero-order chi connectivity index (χ0) is 14.5. The summed E-state index contributed by atoms with van der Waals surface area (Å²) >= 11 is 0. The van der Waals surface area contributed by atoms with Gasteiger partial charge in [-0.25, -0.2) is 0 Å². The zero-order valence-electron chi connectivity index (χ0n) is 11.7. The Kier molecular flexibility index (Phi) is 4.61. The van der Waals surface area contributed by atoms with Crippen LogP contribution in [0.5, 0.6) is 0 Å². The minimum Gasteiger partial charge on any atom is -0.398 e. The highest BCUT2D eigenvalue weighted by molar-refractivity contribution is 5.95. The lowest BCUT2D eigenvalue weighted by Crippen LogP contribution is -2.28. The third kappa shape index (κ3) is 4.26. The largest absolute Gasteiger partial charge is 0.398 e. The molecule has 4 N–H and O–H groups in total. The molecule has 1 aromatic carbocycles. The molecule has 1 aliphatic rings. The highest BCUT2D eigenvalue weighted by atomic mass is 16.2. The summed E-state index contributed by atoms with van der Waals surface area (Å²) < 4.78 is 0. The summed E-state index contributed by atoms with van der Waals surface area (Å²) in [7, 11) is 0. The number of hydrogen-bond acceptors (Lipinski definition) is 3. The SMILES string of the molecule is Cc1ccc(C(=O)NCCCC(=O)NC2CC2)cc1N. The molecule has 20 heavy (non-hydrogen) atoms. The molecule has 0 bridgehead atoms. The fourth-order valence-corrected chi connectivity index (χ4v) is 1.86. The maximum absolute atomic E-state index is 11.9. The average molecular weight is 275 g/mol. The molecule has 0 aliphatic heterocycles. The Morgan fingerprint density at radius 1 is 1.35 bits per heavy atom. The van der Waals surface area contributed by atoms with E-state index in [-0.39, 0.29) is 11.8 Å². The van der Waals surface area contributed by atoms with Gasteiger partial charge in [-0.15, -0.1) is 0 Å². The van der Waals surface area contributed by atoms with Gasteiger partial charge in [0.15, 0.2) is 0 Å². The van der Waals surface area contributed by atoms with Gasteiger partial charge >= 0.3 is 0 Å². The second-order valence-corrected chi connectivity index (χ2v) is 5.27. The predicted octanol–water partition coefficient (Wildman–Crippen LogP) is 1.37. The molecule has 0 aromatic heterocycles. The van der Waals surface area contributed by atoms with Crippen LogP contribution in [0.3, 0.4) is 0 Å². The number of carbonyl (C=O) groups excluding carboxylic acids is 2. The molecule has 5 heteroatoms. The van der Waals surface area contributed by atoms with Crippen LogP contribution >= 0.6 is 0 Å². The van der Waals surface area contributed by atoms with Crippen molar-refractivity contribution in [3.05, 3.63) is 29.3 Å². The molecule has 108 valence electrons. The van der Waals surface area contributed by atoms with E-state index in [1.165, 1.54) is 0 Å². The van der Waals surface area contributed by atoms with Gasteiger partial charge in [-0.3, -0.25) is 9.59 Å². The first-order chi connectivity index (χ1) is 9.56. The number of nitrogens with one attached hydrogen (secondary N) is 2. The smallest absolute Gasteiger partial charge is 0.251 e. The van der Waals surface area contributed by atoms with Gasteiger partial charge in [0.25, 0.3) is 5.91 Å². The van der Waals surface area contributed by atoms with Gasteiger partial charge in [0.2, 0.25) is 5.91 Å². The summed E-state index contributed by atoms with van der Waals surface area (Å²) in [6, 6.07) is 5.64. The molecule has 2 amide bonds. The van der Waals surface area contributed by atoms with Gasteiger partial charge in [0, 0.05) is 30.3 Å². The highest BCUT2D eigenvalue weighted by Gasteiger charge is 2.22. The minimum atomic E-state index is -0.153. The molecule has 0 saturated heterocycles. The summed E-state index contributed by atoms with van der Waals surface area (Å²) in [5, 5.41) is 5.71. The molecule has 2 rings (SSSR count). The van der Waals surface area contributed by atoms with E-state index in [4.69, 9.17) is 5.73 Å². The van der Waals surface area contributed by atoms with Gasteiger partial charge in [-0.1, -0.05) is 6.07 Å². The Morgan fingerprint density at radius 2 is 2.10 bits per heavy atom. The van der Waals surface area contributed by atoms with Crippen molar-refractivity contribution >= 4 is 17.5 Å². The number of rotatable bonds is 6. The van der Waals surface area contributed by atoms with E-state index in [2.05, 4.69) is 10.6 Å². The molecule has 0 atom stereocenters. The first-order valence-corrected chi connectivity index (χ1v) is 7.00. The molecule has 1 fully saturated rings. The molecule has 0 radical (unpaired) electrons. The third-order valence-electron chi connectivity index (χ3n) is 3.35. The van der Waals surface area contributed by atoms with Crippen molar-refractivity contribution in [3.63, 3.8) is 0 Å². The second-order valence-electron chi connectivity index (χ2n) is 5.27. The fourth-order valence-electron chi connectivity index (χ4n) is 1.86. The maximum Gasteiger partial charge on any atom is 0.251 e. The standard InChI is InChI=1S/C15H21N3O2/c1-10-4-5-11(9-13(10)16)15(20)17-8-2-3-14(19)18-12-6-7-12/h4-5,9,12H,2-3,6-8,16H2,1H3,(H,17,20)(H,18,19). The van der Waals surface area contributed by atoms with Crippen molar-refractivity contribution in [2.45, 2.75) is 38.6 Å². The normalized spacial score (nSPS) is 13.8. The van der Waals surface area contributed by atoms with Gasteiger partial charge in [0.05, 0.1) is 0 Å². The first kappa shape index (κ1) is 14.4. The topological polar surface area (TPSA) is 84.2 Å². The molecule has 0 unspecified atom stereocenters. The van der Waals surface area contributed by atoms with Gasteiger partial charge < -0.3 is 16.4 Å². The van der Waals surface area contributed by atoms with Crippen LogP contribution < -0.4 is 16.4 Å². The number of aryl methyl sites for hydroxylation is 1. The number of nitrogens with two attached hydrogens (primary N) is 1. The summed E-state index contributed by atoms with van der Waals surface area (Å²) in [5.74, 6) is -0.0827. The molecule has 0 spiro atoms. The first-order valence-electron chi connectivity index (χ1n) is 7.00. The van der Waals surface area contributed by atoms with Crippen LogP contribution in [-0.2, 0) is 4.79 Å². The monoisotopic (exact) mass is 275 g/mol. The number of benzene rings is 1. The number of nitrogen functional groups attached to an aromatic ring is 1. The van der Waals surface area contributed by atoms with Crippen molar-refractivity contribution in [1.82, 2.24) is 10.6 Å². The van der Waals surface area contributed by atoms with Crippen molar-refractivity contribution in [3.8, 4) is 0 Å². The highest BCUT2D eigenvalue weighted by Crippen LogP contribution is 2.18.